The fourth-order valence-electron chi connectivity index (χ4n) is 1.59. The Morgan fingerprint density at radius 1 is 1.29 bits per heavy atom. The van der Waals surface area contributed by atoms with Gasteiger partial charge in [-0.3, -0.25) is 0 Å². The summed E-state index contributed by atoms with van der Waals surface area (Å²) in [6.45, 7) is 4.15. The summed E-state index contributed by atoms with van der Waals surface area (Å²) in [6, 6.07) is 7.26. The van der Waals surface area contributed by atoms with E-state index in [0.717, 1.165) is 5.56 Å². The Morgan fingerprint density at radius 2 is 2.05 bits per heavy atom. The average Bonchev–Trinajstić information content (AvgIpc) is 2.91. The standard InChI is InChI=1S/C15H16N2O4/c1-3-19-14(18)5-4-10-20-13-8-6-12(7-9-13)15-17-16-11(2)21-15/h4-9H,3,10H2,1-2H3/b5-4+. The number of hydrogen-bond donors (Lipinski definition) is 0. The number of aromatic nitrogens is 2. The van der Waals surface area contributed by atoms with E-state index in [1.807, 2.05) is 12.1 Å². The second-order valence-electron chi connectivity index (χ2n) is 4.12. The Balaban J connectivity index is 1.87. The zero-order valence-corrected chi connectivity index (χ0v) is 11.9. The number of hydrogen-bond acceptors (Lipinski definition) is 6. The predicted octanol–water partition coefficient (Wildman–Crippen LogP) is 2.54. The number of benzene rings is 1. The molecule has 0 aliphatic rings. The molecule has 110 valence electrons. The van der Waals surface area contributed by atoms with Gasteiger partial charge < -0.3 is 13.9 Å². The molecule has 2 aromatic rings. The maximum atomic E-state index is 11.1. The lowest BCUT2D eigenvalue weighted by atomic mass is 10.2. The largest absolute Gasteiger partial charge is 0.490 e. The molecule has 0 aliphatic heterocycles. The van der Waals surface area contributed by atoms with Gasteiger partial charge in [0.05, 0.1) is 6.61 Å². The predicted molar refractivity (Wildman–Crippen MR) is 75.7 cm³/mol. The van der Waals surface area contributed by atoms with Crippen LogP contribution in [0.4, 0.5) is 0 Å². The summed E-state index contributed by atoms with van der Waals surface area (Å²) in [6.07, 6.45) is 2.95. The van der Waals surface area contributed by atoms with E-state index in [-0.39, 0.29) is 12.6 Å². The van der Waals surface area contributed by atoms with E-state index in [1.54, 1.807) is 32.1 Å². The molecular formula is C15H16N2O4. The first-order valence-electron chi connectivity index (χ1n) is 6.55. The molecule has 0 unspecified atom stereocenters. The van der Waals surface area contributed by atoms with Gasteiger partial charge in [0, 0.05) is 18.6 Å². The highest BCUT2D eigenvalue weighted by molar-refractivity contribution is 5.81. The second-order valence-corrected chi connectivity index (χ2v) is 4.12. The molecule has 6 nitrogen and oxygen atoms in total. The summed E-state index contributed by atoms with van der Waals surface area (Å²) >= 11 is 0. The number of ether oxygens (including phenoxy) is 2. The van der Waals surface area contributed by atoms with E-state index >= 15 is 0 Å². The van der Waals surface area contributed by atoms with Gasteiger partial charge in [-0.05, 0) is 37.3 Å². The van der Waals surface area contributed by atoms with Crippen LogP contribution in [0.1, 0.15) is 12.8 Å². The third-order valence-electron chi connectivity index (χ3n) is 2.51. The van der Waals surface area contributed by atoms with Gasteiger partial charge in [-0.1, -0.05) is 0 Å². The van der Waals surface area contributed by atoms with E-state index in [9.17, 15) is 4.79 Å². The summed E-state index contributed by atoms with van der Waals surface area (Å²) in [7, 11) is 0. The van der Waals surface area contributed by atoms with Gasteiger partial charge in [-0.2, -0.15) is 0 Å². The van der Waals surface area contributed by atoms with Crippen molar-refractivity contribution in [1.82, 2.24) is 10.2 Å². The number of rotatable bonds is 6. The number of aryl methyl sites for hydroxylation is 1. The van der Waals surface area contributed by atoms with Crippen molar-refractivity contribution in [2.24, 2.45) is 0 Å². The van der Waals surface area contributed by atoms with Crippen LogP contribution in [0.2, 0.25) is 0 Å². The highest BCUT2D eigenvalue weighted by atomic mass is 16.5. The van der Waals surface area contributed by atoms with Crippen LogP contribution in [-0.2, 0) is 9.53 Å². The SMILES string of the molecule is CCOC(=O)/C=C/COc1ccc(-c2nnc(C)o2)cc1. The van der Waals surface area contributed by atoms with E-state index in [1.165, 1.54) is 6.08 Å². The number of carbonyl (C=O) groups is 1. The molecule has 6 heteroatoms. The topological polar surface area (TPSA) is 74.5 Å². The minimum Gasteiger partial charge on any atom is -0.490 e. The third-order valence-corrected chi connectivity index (χ3v) is 2.51. The quantitative estimate of drug-likeness (QED) is 0.600. The zero-order valence-electron chi connectivity index (χ0n) is 11.9. The van der Waals surface area contributed by atoms with E-state index < -0.39 is 0 Å². The van der Waals surface area contributed by atoms with Crippen LogP contribution in [0.15, 0.2) is 40.8 Å². The monoisotopic (exact) mass is 288 g/mol. The fourth-order valence-corrected chi connectivity index (χ4v) is 1.59. The maximum absolute atomic E-state index is 11.1. The van der Waals surface area contributed by atoms with Crippen LogP contribution >= 0.6 is 0 Å². The minimum absolute atomic E-state index is 0.290. The molecule has 0 N–H and O–H groups in total. The van der Waals surface area contributed by atoms with Crippen molar-refractivity contribution in [3.05, 3.63) is 42.3 Å². The Bertz CT molecular complexity index is 617. The zero-order chi connectivity index (χ0) is 15.1. The van der Waals surface area contributed by atoms with E-state index in [4.69, 9.17) is 13.9 Å². The molecule has 1 aromatic heterocycles. The van der Waals surface area contributed by atoms with Gasteiger partial charge in [0.1, 0.15) is 12.4 Å². The van der Waals surface area contributed by atoms with Gasteiger partial charge in [0.2, 0.25) is 11.8 Å². The molecule has 0 amide bonds. The van der Waals surface area contributed by atoms with Gasteiger partial charge in [0.15, 0.2) is 0 Å². The molecule has 1 aromatic carbocycles. The molecule has 0 atom stereocenters. The van der Waals surface area contributed by atoms with Gasteiger partial charge >= 0.3 is 5.97 Å². The molecule has 0 fully saturated rings. The first-order valence-corrected chi connectivity index (χ1v) is 6.55. The van der Waals surface area contributed by atoms with Crippen molar-refractivity contribution in [3.8, 4) is 17.2 Å². The summed E-state index contributed by atoms with van der Waals surface area (Å²) in [4.78, 5) is 11.1. The van der Waals surface area contributed by atoms with Gasteiger partial charge in [0.25, 0.3) is 0 Å². The van der Waals surface area contributed by atoms with Crippen LogP contribution in [0.25, 0.3) is 11.5 Å². The summed E-state index contributed by atoms with van der Waals surface area (Å²) in [5.41, 5.74) is 0.824. The third kappa shape index (κ3) is 4.45. The highest BCUT2D eigenvalue weighted by Gasteiger charge is 2.05. The number of nitrogens with zero attached hydrogens (tertiary/aromatic N) is 2. The summed E-state index contributed by atoms with van der Waals surface area (Å²) < 4.78 is 15.6. The first kappa shape index (κ1) is 14.8. The molecular weight excluding hydrogens is 272 g/mol. The minimum atomic E-state index is -0.372. The van der Waals surface area contributed by atoms with Crippen molar-refractivity contribution in [1.29, 1.82) is 0 Å². The van der Waals surface area contributed by atoms with Crippen molar-refractivity contribution < 1.29 is 18.7 Å². The van der Waals surface area contributed by atoms with Crippen LogP contribution in [-0.4, -0.2) is 29.4 Å². The van der Waals surface area contributed by atoms with Gasteiger partial charge in [-0.15, -0.1) is 10.2 Å². The lowest BCUT2D eigenvalue weighted by molar-refractivity contribution is -0.137. The van der Waals surface area contributed by atoms with Gasteiger partial charge in [-0.25, -0.2) is 4.79 Å². The van der Waals surface area contributed by atoms with Crippen molar-refractivity contribution in [2.75, 3.05) is 13.2 Å². The van der Waals surface area contributed by atoms with Crippen LogP contribution in [0.3, 0.4) is 0 Å². The highest BCUT2D eigenvalue weighted by Crippen LogP contribution is 2.21. The van der Waals surface area contributed by atoms with E-state index in [0.29, 0.717) is 24.1 Å². The first-order chi connectivity index (χ1) is 10.2. The smallest absolute Gasteiger partial charge is 0.330 e. The van der Waals surface area contributed by atoms with Crippen molar-refractivity contribution >= 4 is 5.97 Å². The normalized spacial score (nSPS) is 10.8. The maximum Gasteiger partial charge on any atom is 0.330 e. The number of esters is 1. The van der Waals surface area contributed by atoms with Crippen molar-refractivity contribution in [3.63, 3.8) is 0 Å². The Labute approximate surface area is 122 Å². The molecule has 0 saturated carbocycles. The molecule has 1 heterocycles. The average molecular weight is 288 g/mol. The summed E-state index contributed by atoms with van der Waals surface area (Å²) in [5, 5.41) is 7.71. The summed E-state index contributed by atoms with van der Waals surface area (Å²) in [5.74, 6) is 1.31. The Hall–Kier alpha value is -2.63. The molecule has 21 heavy (non-hydrogen) atoms. The van der Waals surface area contributed by atoms with Crippen LogP contribution in [0, 0.1) is 6.92 Å². The number of carbonyl (C=O) groups excluding carboxylic acids is 1. The van der Waals surface area contributed by atoms with Crippen LogP contribution < -0.4 is 4.74 Å². The second kappa shape index (κ2) is 7.23. The van der Waals surface area contributed by atoms with Crippen LogP contribution in [0.5, 0.6) is 5.75 Å². The van der Waals surface area contributed by atoms with E-state index in [2.05, 4.69) is 10.2 Å². The molecule has 0 aliphatic carbocycles. The lowest BCUT2D eigenvalue weighted by Crippen LogP contribution is -2.00. The molecule has 2 rings (SSSR count). The Kier molecular flexibility index (Phi) is 5.09. The fraction of sp³-hybridized carbons (Fsp3) is 0.267. The molecule has 0 saturated heterocycles. The Morgan fingerprint density at radius 3 is 2.67 bits per heavy atom. The molecule has 0 bridgehead atoms. The lowest BCUT2D eigenvalue weighted by Gasteiger charge is -2.03. The van der Waals surface area contributed by atoms with Crippen molar-refractivity contribution in [2.45, 2.75) is 13.8 Å². The molecule has 0 radical (unpaired) electrons. The molecule has 0 spiro atoms.